The number of ether oxygens (including phenoxy) is 1. The number of aromatic nitrogens is 2. The Morgan fingerprint density at radius 1 is 0.963 bits per heavy atom. The number of piperazine rings is 1. The summed E-state index contributed by atoms with van der Waals surface area (Å²) in [6.45, 7) is 6.09. The fourth-order valence-corrected chi connectivity index (χ4v) is 3.84. The van der Waals surface area contributed by atoms with E-state index in [4.69, 9.17) is 16.3 Å². The number of fused-ring (bicyclic) bond motifs is 1. The van der Waals surface area contributed by atoms with Crippen molar-refractivity contribution in [1.82, 2.24) is 14.5 Å². The highest BCUT2D eigenvalue weighted by molar-refractivity contribution is 6.33. The van der Waals surface area contributed by atoms with Crippen LogP contribution in [0.2, 0.25) is 5.02 Å². The van der Waals surface area contributed by atoms with Crippen LogP contribution >= 0.6 is 11.6 Å². The Kier molecular flexibility index (Phi) is 5.80. The molecule has 0 radical (unpaired) electrons. The van der Waals surface area contributed by atoms with Gasteiger partial charge in [-0.1, -0.05) is 23.7 Å². The molecular weight excluding hydrogens is 360 g/mol. The number of hydrogen-bond acceptors (Lipinski definition) is 4. The molecule has 1 saturated heterocycles. The molecule has 27 heavy (non-hydrogen) atoms. The Labute approximate surface area is 165 Å². The summed E-state index contributed by atoms with van der Waals surface area (Å²) in [5.41, 5.74) is 2.18. The van der Waals surface area contributed by atoms with Crippen LogP contribution in [0.3, 0.4) is 0 Å². The minimum absolute atomic E-state index is 0.741. The van der Waals surface area contributed by atoms with Crippen LogP contribution in [0.15, 0.2) is 54.9 Å². The van der Waals surface area contributed by atoms with Gasteiger partial charge in [-0.3, -0.25) is 4.90 Å². The van der Waals surface area contributed by atoms with Crippen LogP contribution in [-0.2, 0) is 0 Å². The van der Waals surface area contributed by atoms with E-state index in [-0.39, 0.29) is 0 Å². The van der Waals surface area contributed by atoms with Gasteiger partial charge in [-0.15, -0.1) is 0 Å². The van der Waals surface area contributed by atoms with Gasteiger partial charge in [0, 0.05) is 32.4 Å². The third kappa shape index (κ3) is 4.37. The van der Waals surface area contributed by atoms with Crippen LogP contribution in [0.4, 0.5) is 5.69 Å². The molecular formula is C21H25ClN4O. The Morgan fingerprint density at radius 2 is 1.81 bits per heavy atom. The molecule has 1 aliphatic heterocycles. The topological polar surface area (TPSA) is 33.0 Å². The largest absolute Gasteiger partial charge is 0.491 e. The lowest BCUT2D eigenvalue weighted by Gasteiger charge is -2.36. The van der Waals surface area contributed by atoms with Crippen molar-refractivity contribution < 1.29 is 4.74 Å². The molecule has 0 atom stereocenters. The van der Waals surface area contributed by atoms with Gasteiger partial charge in [0.15, 0.2) is 0 Å². The fourth-order valence-electron chi connectivity index (χ4n) is 3.59. The molecule has 0 N–H and O–H groups in total. The van der Waals surface area contributed by atoms with Gasteiger partial charge in [-0.2, -0.15) is 5.10 Å². The van der Waals surface area contributed by atoms with E-state index < -0.39 is 0 Å². The molecule has 0 bridgehead atoms. The molecule has 0 aliphatic carbocycles. The quantitative estimate of drug-likeness (QED) is 0.577. The number of nitrogens with zero attached hydrogens (tertiary/aromatic N) is 4. The molecule has 6 heteroatoms. The van der Waals surface area contributed by atoms with Crippen LogP contribution in [-0.4, -0.2) is 53.8 Å². The Morgan fingerprint density at radius 3 is 2.67 bits per heavy atom. The zero-order valence-electron chi connectivity index (χ0n) is 15.4. The lowest BCUT2D eigenvalue weighted by atomic mass is 10.2. The van der Waals surface area contributed by atoms with Crippen LogP contribution in [0.5, 0.6) is 5.75 Å². The second kappa shape index (κ2) is 8.63. The highest BCUT2D eigenvalue weighted by atomic mass is 35.5. The normalized spacial score (nSPS) is 15.4. The van der Waals surface area contributed by atoms with Crippen LogP contribution < -0.4 is 9.64 Å². The van der Waals surface area contributed by atoms with E-state index in [1.165, 1.54) is 0 Å². The smallest absolute Gasteiger partial charge is 0.145 e. The van der Waals surface area contributed by atoms with Crippen molar-refractivity contribution in [1.29, 1.82) is 0 Å². The first-order valence-electron chi connectivity index (χ1n) is 9.58. The monoisotopic (exact) mass is 384 g/mol. The van der Waals surface area contributed by atoms with E-state index in [0.29, 0.717) is 0 Å². The van der Waals surface area contributed by atoms with Gasteiger partial charge >= 0.3 is 0 Å². The number of para-hydroxylation sites is 1. The molecule has 142 valence electrons. The van der Waals surface area contributed by atoms with E-state index >= 15 is 0 Å². The maximum atomic E-state index is 6.32. The number of benzene rings is 1. The van der Waals surface area contributed by atoms with E-state index in [1.54, 1.807) is 6.20 Å². The van der Waals surface area contributed by atoms with Crippen molar-refractivity contribution in [2.75, 3.05) is 44.2 Å². The fraction of sp³-hybridized carbons (Fsp3) is 0.381. The number of rotatable bonds is 7. The number of hydrogen-bond donors (Lipinski definition) is 0. The molecule has 0 amide bonds. The summed E-state index contributed by atoms with van der Waals surface area (Å²) in [7, 11) is 0. The first-order valence-corrected chi connectivity index (χ1v) is 9.96. The van der Waals surface area contributed by atoms with E-state index in [2.05, 4.69) is 27.0 Å². The third-order valence-electron chi connectivity index (χ3n) is 5.09. The number of pyridine rings is 1. The second-order valence-electron chi connectivity index (χ2n) is 6.87. The standard InChI is InChI=1S/C21H25ClN4O/c22-18-6-1-2-7-19(18)25-15-13-24(14-16-25)11-3-4-17-27-21-8-5-12-26-20(21)9-10-23-26/h1-2,5-10,12H,3-4,11,13-17H2. The zero-order valence-corrected chi connectivity index (χ0v) is 16.2. The first kappa shape index (κ1) is 18.1. The molecule has 5 nitrogen and oxygen atoms in total. The minimum atomic E-state index is 0.741. The van der Waals surface area contributed by atoms with Gasteiger partial charge in [0.2, 0.25) is 0 Å². The van der Waals surface area contributed by atoms with Gasteiger partial charge in [0.25, 0.3) is 0 Å². The van der Waals surface area contributed by atoms with Crippen LogP contribution in [0.1, 0.15) is 12.8 Å². The number of unbranched alkanes of at least 4 members (excludes halogenated alkanes) is 1. The summed E-state index contributed by atoms with van der Waals surface area (Å²) in [5, 5.41) is 5.08. The molecule has 2 aromatic heterocycles. The molecule has 0 spiro atoms. The summed E-state index contributed by atoms with van der Waals surface area (Å²) in [6.07, 6.45) is 5.93. The van der Waals surface area contributed by atoms with Gasteiger partial charge < -0.3 is 9.64 Å². The summed E-state index contributed by atoms with van der Waals surface area (Å²) in [6, 6.07) is 14.1. The van der Waals surface area contributed by atoms with E-state index in [1.807, 2.05) is 41.0 Å². The zero-order chi connectivity index (χ0) is 18.5. The molecule has 0 saturated carbocycles. The third-order valence-corrected chi connectivity index (χ3v) is 5.41. The molecule has 1 aliphatic rings. The molecule has 3 aromatic rings. The highest BCUT2D eigenvalue weighted by Crippen LogP contribution is 2.26. The van der Waals surface area contributed by atoms with Crippen molar-refractivity contribution >= 4 is 22.8 Å². The van der Waals surface area contributed by atoms with Gasteiger partial charge in [-0.25, -0.2) is 4.52 Å². The summed E-state index contributed by atoms with van der Waals surface area (Å²) in [4.78, 5) is 4.92. The predicted octanol–water partition coefficient (Wildman–Crippen LogP) is 3.97. The number of halogens is 1. The predicted molar refractivity (Wildman–Crippen MR) is 110 cm³/mol. The van der Waals surface area contributed by atoms with E-state index in [0.717, 1.165) is 74.1 Å². The summed E-state index contributed by atoms with van der Waals surface area (Å²) < 4.78 is 7.79. The Hall–Kier alpha value is -2.24. The highest BCUT2D eigenvalue weighted by Gasteiger charge is 2.18. The van der Waals surface area contributed by atoms with Gasteiger partial charge in [0.1, 0.15) is 11.3 Å². The first-order chi connectivity index (χ1) is 13.3. The molecule has 1 aromatic carbocycles. The summed E-state index contributed by atoms with van der Waals surface area (Å²) in [5.74, 6) is 0.906. The van der Waals surface area contributed by atoms with Crippen molar-refractivity contribution in [2.24, 2.45) is 0 Å². The second-order valence-corrected chi connectivity index (χ2v) is 7.28. The lowest BCUT2D eigenvalue weighted by molar-refractivity contribution is 0.239. The molecule has 1 fully saturated rings. The molecule has 0 unspecified atom stereocenters. The van der Waals surface area contributed by atoms with Crippen molar-refractivity contribution in [3.05, 3.63) is 59.9 Å². The Bertz CT molecular complexity index is 873. The van der Waals surface area contributed by atoms with Crippen LogP contribution in [0, 0.1) is 0 Å². The van der Waals surface area contributed by atoms with E-state index in [9.17, 15) is 0 Å². The van der Waals surface area contributed by atoms with Gasteiger partial charge in [-0.05, 0) is 49.7 Å². The minimum Gasteiger partial charge on any atom is -0.491 e. The average Bonchev–Trinajstić information content (AvgIpc) is 3.18. The molecule has 3 heterocycles. The summed E-state index contributed by atoms with van der Waals surface area (Å²) >= 11 is 6.32. The van der Waals surface area contributed by atoms with Crippen molar-refractivity contribution in [2.45, 2.75) is 12.8 Å². The van der Waals surface area contributed by atoms with Crippen molar-refractivity contribution in [3.63, 3.8) is 0 Å². The Balaban J connectivity index is 1.17. The maximum absolute atomic E-state index is 6.32. The van der Waals surface area contributed by atoms with Gasteiger partial charge in [0.05, 0.1) is 23.5 Å². The van der Waals surface area contributed by atoms with Crippen molar-refractivity contribution in [3.8, 4) is 5.75 Å². The van der Waals surface area contributed by atoms with Crippen LogP contribution in [0.25, 0.3) is 5.52 Å². The lowest BCUT2D eigenvalue weighted by Crippen LogP contribution is -2.46. The molecule has 4 rings (SSSR count). The number of anilines is 1. The maximum Gasteiger partial charge on any atom is 0.145 e. The SMILES string of the molecule is Clc1ccccc1N1CCN(CCCCOc2cccn3nccc23)CC1. The average molecular weight is 385 g/mol.